The standard InChI is InChI=1S/C16H22N4O4S2/c1-8-11(14(22)24-5)9(2)18-12(8)13(21)10(3)25-16-20-19-15(26-16)17-6-7-23-4/h10,18H,6-7H2,1-5H3,(H,17,19)/t10-/m1/s1. The summed E-state index contributed by atoms with van der Waals surface area (Å²) >= 11 is 2.72. The average Bonchev–Trinajstić information content (AvgIpc) is 3.17. The van der Waals surface area contributed by atoms with Crippen molar-refractivity contribution in [3.63, 3.8) is 0 Å². The lowest BCUT2D eigenvalue weighted by molar-refractivity contribution is 0.0599. The van der Waals surface area contributed by atoms with Crippen molar-refractivity contribution in [2.24, 2.45) is 0 Å². The molecule has 0 fully saturated rings. The van der Waals surface area contributed by atoms with E-state index in [9.17, 15) is 9.59 Å². The number of carbonyl (C=O) groups excluding carboxylic acids is 2. The molecule has 0 aliphatic rings. The summed E-state index contributed by atoms with van der Waals surface area (Å²) in [6, 6.07) is 0. The van der Waals surface area contributed by atoms with E-state index < -0.39 is 5.97 Å². The van der Waals surface area contributed by atoms with Crippen molar-refractivity contribution in [2.75, 3.05) is 32.7 Å². The second-order valence-corrected chi connectivity index (χ2v) is 8.10. The van der Waals surface area contributed by atoms with Gasteiger partial charge in [-0.05, 0) is 26.3 Å². The summed E-state index contributed by atoms with van der Waals surface area (Å²) in [4.78, 5) is 27.7. The number of ketones is 1. The van der Waals surface area contributed by atoms with Crippen LogP contribution in [-0.2, 0) is 9.47 Å². The molecule has 0 aliphatic carbocycles. The molecule has 0 spiro atoms. The highest BCUT2D eigenvalue weighted by Gasteiger charge is 2.26. The van der Waals surface area contributed by atoms with Gasteiger partial charge in [0.25, 0.3) is 0 Å². The first-order valence-electron chi connectivity index (χ1n) is 7.93. The van der Waals surface area contributed by atoms with Crippen molar-refractivity contribution >= 4 is 40.0 Å². The van der Waals surface area contributed by atoms with Crippen LogP contribution >= 0.6 is 23.1 Å². The van der Waals surface area contributed by atoms with E-state index in [0.717, 1.165) is 0 Å². The van der Waals surface area contributed by atoms with Gasteiger partial charge in [-0.25, -0.2) is 4.79 Å². The van der Waals surface area contributed by atoms with Crippen LogP contribution in [0.5, 0.6) is 0 Å². The molecule has 0 unspecified atom stereocenters. The van der Waals surface area contributed by atoms with E-state index >= 15 is 0 Å². The van der Waals surface area contributed by atoms with Gasteiger partial charge in [0.15, 0.2) is 10.1 Å². The van der Waals surface area contributed by atoms with E-state index in [0.29, 0.717) is 45.1 Å². The second kappa shape index (κ2) is 9.15. The SMILES string of the molecule is COCCNc1nnc(S[C@H](C)C(=O)c2[nH]c(C)c(C(=O)OC)c2C)s1. The van der Waals surface area contributed by atoms with Gasteiger partial charge in [0.2, 0.25) is 5.13 Å². The maximum atomic E-state index is 12.8. The molecule has 10 heteroatoms. The molecule has 0 saturated carbocycles. The third kappa shape index (κ3) is 4.63. The van der Waals surface area contributed by atoms with Gasteiger partial charge >= 0.3 is 5.97 Å². The molecule has 0 amide bonds. The molecule has 26 heavy (non-hydrogen) atoms. The zero-order chi connectivity index (χ0) is 19.3. The number of nitrogens with one attached hydrogen (secondary N) is 2. The topological polar surface area (TPSA) is 106 Å². The summed E-state index contributed by atoms with van der Waals surface area (Å²) < 4.78 is 10.4. The highest BCUT2D eigenvalue weighted by atomic mass is 32.2. The fourth-order valence-electron chi connectivity index (χ4n) is 2.40. The van der Waals surface area contributed by atoms with Gasteiger partial charge in [0.05, 0.1) is 30.2 Å². The fraction of sp³-hybridized carbons (Fsp3) is 0.500. The lowest BCUT2D eigenvalue weighted by atomic mass is 10.1. The Morgan fingerprint density at radius 2 is 2.04 bits per heavy atom. The van der Waals surface area contributed by atoms with Crippen molar-refractivity contribution in [3.8, 4) is 0 Å². The Morgan fingerprint density at radius 3 is 2.69 bits per heavy atom. The largest absolute Gasteiger partial charge is 0.465 e. The lowest BCUT2D eigenvalue weighted by Crippen LogP contribution is -2.15. The maximum absolute atomic E-state index is 12.8. The first-order chi connectivity index (χ1) is 12.4. The number of hydrogen-bond donors (Lipinski definition) is 2. The van der Waals surface area contributed by atoms with Gasteiger partial charge in [-0.15, -0.1) is 10.2 Å². The van der Waals surface area contributed by atoms with Gasteiger partial charge in [0, 0.05) is 19.3 Å². The van der Waals surface area contributed by atoms with Gasteiger partial charge in [0.1, 0.15) is 0 Å². The molecule has 2 aromatic rings. The number of anilines is 1. The molecule has 2 heterocycles. The molecule has 2 rings (SSSR count). The Morgan fingerprint density at radius 1 is 1.31 bits per heavy atom. The molecule has 0 radical (unpaired) electrons. The molecular formula is C16H22N4O4S2. The number of esters is 1. The molecule has 0 aliphatic heterocycles. The minimum absolute atomic E-state index is 0.102. The highest BCUT2D eigenvalue weighted by Crippen LogP contribution is 2.31. The number of thioether (sulfide) groups is 1. The Balaban J connectivity index is 2.07. The van der Waals surface area contributed by atoms with Crippen LogP contribution in [0.3, 0.4) is 0 Å². The zero-order valence-electron chi connectivity index (χ0n) is 15.3. The van der Waals surface area contributed by atoms with Crippen molar-refractivity contribution in [3.05, 3.63) is 22.5 Å². The van der Waals surface area contributed by atoms with Crippen LogP contribution < -0.4 is 5.32 Å². The Hall–Kier alpha value is -1.91. The lowest BCUT2D eigenvalue weighted by Gasteiger charge is -2.07. The molecule has 0 aromatic carbocycles. The number of aromatic amines is 1. The van der Waals surface area contributed by atoms with Crippen LogP contribution in [0.15, 0.2) is 4.34 Å². The van der Waals surface area contributed by atoms with Crippen LogP contribution in [-0.4, -0.2) is 59.6 Å². The van der Waals surface area contributed by atoms with Gasteiger partial charge in [-0.2, -0.15) is 0 Å². The predicted molar refractivity (Wildman–Crippen MR) is 102 cm³/mol. The molecule has 1 atom stereocenters. The first-order valence-corrected chi connectivity index (χ1v) is 9.63. The van der Waals surface area contributed by atoms with E-state index in [4.69, 9.17) is 9.47 Å². The monoisotopic (exact) mass is 398 g/mol. The van der Waals surface area contributed by atoms with Crippen molar-refractivity contribution in [2.45, 2.75) is 30.4 Å². The van der Waals surface area contributed by atoms with Crippen LogP contribution in [0.2, 0.25) is 0 Å². The minimum atomic E-state index is -0.452. The predicted octanol–water partition coefficient (Wildman–Crippen LogP) is 2.69. The number of Topliss-reactive ketones (excluding diaryl/α,β-unsaturated/α-hetero) is 1. The summed E-state index contributed by atoms with van der Waals surface area (Å²) in [6.07, 6.45) is 0. The summed E-state index contributed by atoms with van der Waals surface area (Å²) in [5.41, 5.74) is 2.06. The molecule has 0 bridgehead atoms. The summed E-state index contributed by atoms with van der Waals surface area (Å²) in [5.74, 6) is -0.554. The van der Waals surface area contributed by atoms with Crippen LogP contribution in [0, 0.1) is 13.8 Å². The van der Waals surface area contributed by atoms with E-state index in [1.807, 2.05) is 0 Å². The maximum Gasteiger partial charge on any atom is 0.339 e. The second-order valence-electron chi connectivity index (χ2n) is 5.53. The number of ether oxygens (including phenoxy) is 2. The van der Waals surface area contributed by atoms with Crippen molar-refractivity contribution < 1.29 is 19.1 Å². The molecule has 142 valence electrons. The number of aryl methyl sites for hydroxylation is 1. The fourth-order valence-corrected chi connectivity index (χ4v) is 4.38. The molecule has 0 saturated heterocycles. The number of carbonyl (C=O) groups is 2. The summed E-state index contributed by atoms with van der Waals surface area (Å²) in [6.45, 7) is 6.51. The molecule has 2 N–H and O–H groups in total. The number of methoxy groups -OCH3 is 2. The Labute approximate surface area is 160 Å². The highest BCUT2D eigenvalue weighted by molar-refractivity contribution is 8.02. The molecule has 8 nitrogen and oxygen atoms in total. The number of H-pyrrole nitrogens is 1. The van der Waals surface area contributed by atoms with Crippen LogP contribution in [0.25, 0.3) is 0 Å². The van der Waals surface area contributed by atoms with E-state index in [2.05, 4.69) is 20.5 Å². The summed E-state index contributed by atoms with van der Waals surface area (Å²) in [7, 11) is 2.95. The smallest absolute Gasteiger partial charge is 0.339 e. The third-order valence-electron chi connectivity index (χ3n) is 3.71. The number of hydrogen-bond acceptors (Lipinski definition) is 9. The van der Waals surface area contributed by atoms with E-state index in [-0.39, 0.29) is 11.0 Å². The average molecular weight is 399 g/mol. The van der Waals surface area contributed by atoms with Crippen molar-refractivity contribution in [1.82, 2.24) is 15.2 Å². The summed E-state index contributed by atoms with van der Waals surface area (Å²) in [5, 5.41) is 11.5. The van der Waals surface area contributed by atoms with Gasteiger partial charge in [-0.1, -0.05) is 23.1 Å². The van der Waals surface area contributed by atoms with Crippen molar-refractivity contribution in [1.29, 1.82) is 0 Å². The third-order valence-corrected chi connectivity index (χ3v) is 5.77. The van der Waals surface area contributed by atoms with Crippen LogP contribution in [0.1, 0.15) is 39.0 Å². The Kier molecular flexibility index (Phi) is 7.18. The van der Waals surface area contributed by atoms with Crippen LogP contribution in [0.4, 0.5) is 5.13 Å². The van der Waals surface area contributed by atoms with Gasteiger partial charge in [-0.3, -0.25) is 4.79 Å². The quantitative estimate of drug-likeness (QED) is 0.287. The van der Waals surface area contributed by atoms with E-state index in [1.165, 1.54) is 30.2 Å². The molecule has 2 aromatic heterocycles. The minimum Gasteiger partial charge on any atom is -0.465 e. The Bertz CT molecular complexity index is 787. The number of aromatic nitrogens is 3. The normalized spacial score (nSPS) is 12.0. The first kappa shape index (κ1) is 20.4. The molecular weight excluding hydrogens is 376 g/mol. The van der Waals surface area contributed by atoms with E-state index in [1.54, 1.807) is 27.9 Å². The number of rotatable bonds is 9. The van der Waals surface area contributed by atoms with Gasteiger partial charge < -0.3 is 19.8 Å². The number of nitrogens with zero attached hydrogens (tertiary/aromatic N) is 2. The zero-order valence-corrected chi connectivity index (χ0v) is 17.0.